The summed E-state index contributed by atoms with van der Waals surface area (Å²) in [5.41, 5.74) is 2.60. The Kier molecular flexibility index (Phi) is 3.04. The summed E-state index contributed by atoms with van der Waals surface area (Å²) < 4.78 is 5.75. The number of nitro benzene ring substituents is 1. The molecule has 2 heterocycles. The maximum Gasteiger partial charge on any atom is 0.271 e. The summed E-state index contributed by atoms with van der Waals surface area (Å²) in [5, 5.41) is 11.0. The molecule has 2 aromatic rings. The summed E-state index contributed by atoms with van der Waals surface area (Å²) >= 11 is 0. The largest absolute Gasteiger partial charge is 0.480 e. The first-order valence-electron chi connectivity index (χ1n) is 7.47. The molecule has 4 rings (SSSR count). The monoisotopic (exact) mass is 310 g/mol. The minimum Gasteiger partial charge on any atom is -0.480 e. The number of carbonyl (C=O) groups excluding carboxylic acids is 1. The maximum absolute atomic E-state index is 12.8. The van der Waals surface area contributed by atoms with Crippen molar-refractivity contribution in [3.63, 3.8) is 0 Å². The summed E-state index contributed by atoms with van der Waals surface area (Å²) in [6.07, 6.45) is 0.687. The number of carbonyl (C=O) groups is 1. The lowest BCUT2D eigenvalue weighted by molar-refractivity contribution is -0.384. The number of hydrogen-bond donors (Lipinski definition) is 0. The average Bonchev–Trinajstić information content (AvgIpc) is 3.17. The van der Waals surface area contributed by atoms with Gasteiger partial charge in [-0.2, -0.15) is 0 Å². The zero-order valence-electron chi connectivity index (χ0n) is 12.3. The van der Waals surface area contributed by atoms with E-state index in [9.17, 15) is 14.9 Å². The molecule has 0 saturated carbocycles. The fourth-order valence-corrected chi connectivity index (χ4v) is 3.20. The standard InChI is InChI=1S/C17H14N2O4/c20-17(16-9-12-3-1-2-4-15(12)23-16)18-8-7-11-5-6-13(19(21)22)10-14(11)18/h1-6,10,16H,7-9H2. The van der Waals surface area contributed by atoms with E-state index in [0.29, 0.717) is 25.1 Å². The number of rotatable bonds is 2. The molecule has 2 aliphatic heterocycles. The lowest BCUT2D eigenvalue weighted by Crippen LogP contribution is -2.40. The van der Waals surface area contributed by atoms with Gasteiger partial charge < -0.3 is 9.64 Å². The molecule has 0 aromatic heterocycles. The molecule has 6 nitrogen and oxygen atoms in total. The van der Waals surface area contributed by atoms with Crippen molar-refractivity contribution in [2.24, 2.45) is 0 Å². The van der Waals surface area contributed by atoms with Crippen LogP contribution in [-0.2, 0) is 17.6 Å². The molecule has 6 heteroatoms. The number of non-ortho nitro benzene ring substituents is 1. The van der Waals surface area contributed by atoms with Crippen molar-refractivity contribution in [3.05, 3.63) is 63.7 Å². The molecule has 0 spiro atoms. The summed E-state index contributed by atoms with van der Waals surface area (Å²) in [7, 11) is 0. The molecule has 1 atom stereocenters. The SMILES string of the molecule is O=C(C1Cc2ccccc2O1)N1CCc2ccc([N+](=O)[O-])cc21. The van der Waals surface area contributed by atoms with Gasteiger partial charge in [0.05, 0.1) is 10.6 Å². The van der Waals surface area contributed by atoms with E-state index in [2.05, 4.69) is 0 Å². The Labute approximate surface area is 132 Å². The average molecular weight is 310 g/mol. The van der Waals surface area contributed by atoms with Crippen LogP contribution in [0.15, 0.2) is 42.5 Å². The molecule has 1 unspecified atom stereocenters. The van der Waals surface area contributed by atoms with Crippen LogP contribution in [0.3, 0.4) is 0 Å². The van der Waals surface area contributed by atoms with Gasteiger partial charge in [0.25, 0.3) is 11.6 Å². The Hall–Kier alpha value is -2.89. The lowest BCUT2D eigenvalue weighted by atomic mass is 10.1. The van der Waals surface area contributed by atoms with Crippen LogP contribution in [0.2, 0.25) is 0 Å². The second-order valence-corrected chi connectivity index (χ2v) is 5.73. The molecule has 0 aliphatic carbocycles. The number of benzene rings is 2. The molecule has 116 valence electrons. The highest BCUT2D eigenvalue weighted by Crippen LogP contribution is 2.35. The van der Waals surface area contributed by atoms with E-state index in [4.69, 9.17) is 4.74 Å². The van der Waals surface area contributed by atoms with Crippen molar-refractivity contribution in [2.45, 2.75) is 18.9 Å². The highest BCUT2D eigenvalue weighted by Gasteiger charge is 2.36. The number of hydrogen-bond acceptors (Lipinski definition) is 4. The minimum absolute atomic E-state index is 0.000855. The third-order valence-electron chi connectivity index (χ3n) is 4.36. The van der Waals surface area contributed by atoms with E-state index in [0.717, 1.165) is 16.9 Å². The Morgan fingerprint density at radius 1 is 1.22 bits per heavy atom. The van der Waals surface area contributed by atoms with Crippen LogP contribution >= 0.6 is 0 Å². The van der Waals surface area contributed by atoms with Crippen molar-refractivity contribution in [1.82, 2.24) is 0 Å². The van der Waals surface area contributed by atoms with E-state index in [1.165, 1.54) is 12.1 Å². The van der Waals surface area contributed by atoms with E-state index >= 15 is 0 Å². The van der Waals surface area contributed by atoms with Crippen LogP contribution in [0.25, 0.3) is 0 Å². The molecule has 1 amide bonds. The van der Waals surface area contributed by atoms with Crippen LogP contribution in [-0.4, -0.2) is 23.5 Å². The van der Waals surface area contributed by atoms with Gasteiger partial charge in [-0.3, -0.25) is 14.9 Å². The lowest BCUT2D eigenvalue weighted by Gasteiger charge is -2.20. The Morgan fingerprint density at radius 3 is 2.83 bits per heavy atom. The number of nitrogens with zero attached hydrogens (tertiary/aromatic N) is 2. The van der Waals surface area contributed by atoms with Gasteiger partial charge >= 0.3 is 0 Å². The quantitative estimate of drug-likeness (QED) is 0.631. The van der Waals surface area contributed by atoms with Crippen molar-refractivity contribution in [1.29, 1.82) is 0 Å². The fourth-order valence-electron chi connectivity index (χ4n) is 3.20. The van der Waals surface area contributed by atoms with Crippen molar-refractivity contribution in [2.75, 3.05) is 11.4 Å². The first-order chi connectivity index (χ1) is 11.1. The number of fused-ring (bicyclic) bond motifs is 2. The van der Waals surface area contributed by atoms with Crippen molar-refractivity contribution < 1.29 is 14.5 Å². The predicted octanol–water partition coefficient (Wildman–Crippen LogP) is 2.49. The normalized spacial score (nSPS) is 18.3. The van der Waals surface area contributed by atoms with Gasteiger partial charge in [0.2, 0.25) is 0 Å². The van der Waals surface area contributed by atoms with Gasteiger partial charge in [0.15, 0.2) is 6.10 Å². The summed E-state index contributed by atoms with van der Waals surface area (Å²) in [6.45, 7) is 0.533. The van der Waals surface area contributed by atoms with E-state index in [1.807, 2.05) is 24.3 Å². The Morgan fingerprint density at radius 2 is 2.04 bits per heavy atom. The van der Waals surface area contributed by atoms with E-state index in [-0.39, 0.29) is 11.6 Å². The number of ether oxygens (including phenoxy) is 1. The molecular weight excluding hydrogens is 296 g/mol. The second-order valence-electron chi connectivity index (χ2n) is 5.73. The first-order valence-corrected chi connectivity index (χ1v) is 7.47. The number of anilines is 1. The van der Waals surface area contributed by atoms with Crippen LogP contribution in [0.5, 0.6) is 5.75 Å². The molecular formula is C17H14N2O4. The second kappa shape index (κ2) is 5.08. The molecule has 2 aromatic carbocycles. The molecule has 2 aliphatic rings. The molecule has 0 saturated heterocycles. The van der Waals surface area contributed by atoms with Crippen LogP contribution in [0.4, 0.5) is 11.4 Å². The Balaban J connectivity index is 1.61. The van der Waals surface area contributed by atoms with Gasteiger partial charge in [-0.05, 0) is 23.6 Å². The predicted molar refractivity (Wildman–Crippen MR) is 83.7 cm³/mol. The van der Waals surface area contributed by atoms with Gasteiger partial charge in [-0.1, -0.05) is 24.3 Å². The van der Waals surface area contributed by atoms with Crippen LogP contribution < -0.4 is 9.64 Å². The van der Waals surface area contributed by atoms with E-state index < -0.39 is 11.0 Å². The van der Waals surface area contributed by atoms with Gasteiger partial charge in [-0.15, -0.1) is 0 Å². The van der Waals surface area contributed by atoms with Gasteiger partial charge in [0, 0.05) is 25.1 Å². The number of amides is 1. The zero-order chi connectivity index (χ0) is 16.0. The summed E-state index contributed by atoms with van der Waals surface area (Å²) in [6, 6.07) is 12.3. The topological polar surface area (TPSA) is 72.7 Å². The van der Waals surface area contributed by atoms with Crippen LogP contribution in [0.1, 0.15) is 11.1 Å². The highest BCUT2D eigenvalue weighted by atomic mass is 16.6. The number of nitro groups is 1. The summed E-state index contributed by atoms with van der Waals surface area (Å²) in [5.74, 6) is 0.602. The van der Waals surface area contributed by atoms with Gasteiger partial charge in [0.1, 0.15) is 5.75 Å². The zero-order valence-corrected chi connectivity index (χ0v) is 12.3. The third kappa shape index (κ3) is 2.23. The number of para-hydroxylation sites is 1. The van der Waals surface area contributed by atoms with Crippen molar-refractivity contribution >= 4 is 17.3 Å². The van der Waals surface area contributed by atoms with Crippen LogP contribution in [0, 0.1) is 10.1 Å². The Bertz CT molecular complexity index is 793. The van der Waals surface area contributed by atoms with Gasteiger partial charge in [-0.25, -0.2) is 0 Å². The minimum atomic E-state index is -0.558. The maximum atomic E-state index is 12.8. The fraction of sp³-hybridized carbons (Fsp3) is 0.235. The summed E-state index contributed by atoms with van der Waals surface area (Å²) in [4.78, 5) is 24.9. The molecule has 0 radical (unpaired) electrons. The molecule has 23 heavy (non-hydrogen) atoms. The molecule has 0 bridgehead atoms. The smallest absolute Gasteiger partial charge is 0.271 e. The molecule has 0 fully saturated rings. The van der Waals surface area contributed by atoms with Crippen molar-refractivity contribution in [3.8, 4) is 5.75 Å². The first kappa shape index (κ1) is 13.8. The molecule has 0 N–H and O–H groups in total. The van der Waals surface area contributed by atoms with E-state index in [1.54, 1.807) is 11.0 Å². The third-order valence-corrected chi connectivity index (χ3v) is 4.36. The highest BCUT2D eigenvalue weighted by molar-refractivity contribution is 5.99.